The molecule has 1 aromatic heterocycles. The predicted octanol–water partition coefficient (Wildman–Crippen LogP) is 2.91. The molecule has 2 aromatic rings. The number of nitriles is 1. The Hall–Kier alpha value is -2.87. The molecule has 1 aromatic carbocycles. The van der Waals surface area contributed by atoms with E-state index in [0.29, 0.717) is 23.6 Å². The number of pyridine rings is 1. The second kappa shape index (κ2) is 7.80. The maximum atomic E-state index is 12.2. The third kappa shape index (κ3) is 4.16. The first-order chi connectivity index (χ1) is 12.2. The summed E-state index contributed by atoms with van der Waals surface area (Å²) in [5.74, 6) is 1.22. The van der Waals surface area contributed by atoms with Gasteiger partial charge in [-0.1, -0.05) is 17.7 Å². The number of piperidine rings is 1. The van der Waals surface area contributed by atoms with Crippen LogP contribution in [-0.4, -0.2) is 30.5 Å². The molecule has 0 atom stereocenters. The molecule has 0 bridgehead atoms. The lowest BCUT2D eigenvalue weighted by Crippen LogP contribution is -2.39. The van der Waals surface area contributed by atoms with Gasteiger partial charge in [0.15, 0.2) is 0 Å². The summed E-state index contributed by atoms with van der Waals surface area (Å²) in [6.07, 6.45) is 3.69. The van der Waals surface area contributed by atoms with Gasteiger partial charge in [-0.05, 0) is 49.9 Å². The summed E-state index contributed by atoms with van der Waals surface area (Å²) in [7, 11) is 0. The third-order valence-corrected chi connectivity index (χ3v) is 4.65. The Morgan fingerprint density at radius 2 is 2.12 bits per heavy atom. The van der Waals surface area contributed by atoms with Gasteiger partial charge in [0.25, 0.3) is 5.91 Å². The molecule has 0 radical (unpaired) electrons. The molecule has 0 unspecified atom stereocenters. The molecule has 25 heavy (non-hydrogen) atoms. The minimum atomic E-state index is -0.0115. The van der Waals surface area contributed by atoms with Gasteiger partial charge in [0.1, 0.15) is 11.9 Å². The highest BCUT2D eigenvalue weighted by atomic mass is 16.1. The number of hydrogen-bond donors (Lipinski definition) is 1. The fourth-order valence-corrected chi connectivity index (χ4v) is 3.21. The standard InChI is InChI=1S/C20H22N4O/c1-15-4-2-5-17(12-15)20(25)23-14-16-7-10-24(11-8-16)19-18(13-21)6-3-9-22-19/h2-6,9,12,16H,7-8,10-11,14H2,1H3,(H,23,25). The largest absolute Gasteiger partial charge is 0.356 e. The molecule has 3 rings (SSSR count). The summed E-state index contributed by atoms with van der Waals surface area (Å²) in [5, 5.41) is 12.3. The van der Waals surface area contributed by atoms with E-state index in [2.05, 4.69) is 21.3 Å². The maximum Gasteiger partial charge on any atom is 0.251 e. The average Bonchev–Trinajstić information content (AvgIpc) is 2.66. The quantitative estimate of drug-likeness (QED) is 0.933. The molecule has 1 fully saturated rings. The second-order valence-corrected chi connectivity index (χ2v) is 6.50. The highest BCUT2D eigenvalue weighted by molar-refractivity contribution is 5.94. The summed E-state index contributed by atoms with van der Waals surface area (Å²) < 4.78 is 0. The van der Waals surface area contributed by atoms with Crippen molar-refractivity contribution in [3.05, 3.63) is 59.3 Å². The summed E-state index contributed by atoms with van der Waals surface area (Å²) in [5.41, 5.74) is 2.42. The third-order valence-electron chi connectivity index (χ3n) is 4.65. The molecule has 1 N–H and O–H groups in total. The Kier molecular flexibility index (Phi) is 5.30. The van der Waals surface area contributed by atoms with Gasteiger partial charge in [-0.2, -0.15) is 5.26 Å². The molecule has 1 amide bonds. The van der Waals surface area contributed by atoms with Gasteiger partial charge in [0.05, 0.1) is 5.56 Å². The number of nitrogens with zero attached hydrogens (tertiary/aromatic N) is 3. The number of carbonyl (C=O) groups excluding carboxylic acids is 1. The van der Waals surface area contributed by atoms with Gasteiger partial charge in [-0.25, -0.2) is 4.98 Å². The zero-order chi connectivity index (χ0) is 17.6. The van der Waals surface area contributed by atoms with Gasteiger partial charge >= 0.3 is 0 Å². The first-order valence-electron chi connectivity index (χ1n) is 8.62. The Morgan fingerprint density at radius 3 is 2.84 bits per heavy atom. The summed E-state index contributed by atoms with van der Waals surface area (Å²) >= 11 is 0. The lowest BCUT2D eigenvalue weighted by Gasteiger charge is -2.33. The number of nitrogens with one attached hydrogen (secondary N) is 1. The monoisotopic (exact) mass is 334 g/mol. The first-order valence-corrected chi connectivity index (χ1v) is 8.62. The maximum absolute atomic E-state index is 12.2. The highest BCUT2D eigenvalue weighted by Crippen LogP contribution is 2.23. The zero-order valence-corrected chi connectivity index (χ0v) is 14.4. The van der Waals surface area contributed by atoms with Crippen LogP contribution in [0.25, 0.3) is 0 Å². The van der Waals surface area contributed by atoms with Crippen molar-refractivity contribution >= 4 is 11.7 Å². The zero-order valence-electron chi connectivity index (χ0n) is 14.4. The summed E-state index contributed by atoms with van der Waals surface area (Å²) in [4.78, 5) is 18.8. The van der Waals surface area contributed by atoms with Crippen molar-refractivity contribution < 1.29 is 4.79 Å². The van der Waals surface area contributed by atoms with E-state index >= 15 is 0 Å². The number of amides is 1. The predicted molar refractivity (Wildman–Crippen MR) is 97.4 cm³/mol. The lowest BCUT2D eigenvalue weighted by atomic mass is 9.96. The number of aromatic nitrogens is 1. The molecular formula is C20H22N4O. The van der Waals surface area contributed by atoms with Crippen molar-refractivity contribution in [3.8, 4) is 6.07 Å². The van der Waals surface area contributed by atoms with E-state index in [1.54, 1.807) is 18.3 Å². The van der Waals surface area contributed by atoms with E-state index in [4.69, 9.17) is 0 Å². The average molecular weight is 334 g/mol. The van der Waals surface area contributed by atoms with Crippen LogP contribution >= 0.6 is 0 Å². The van der Waals surface area contributed by atoms with Crippen molar-refractivity contribution in [1.82, 2.24) is 10.3 Å². The van der Waals surface area contributed by atoms with Crippen LogP contribution in [0.5, 0.6) is 0 Å². The van der Waals surface area contributed by atoms with E-state index < -0.39 is 0 Å². The van der Waals surface area contributed by atoms with Crippen LogP contribution in [0.1, 0.15) is 34.3 Å². The molecule has 0 spiro atoms. The molecule has 0 saturated carbocycles. The summed E-state index contributed by atoms with van der Waals surface area (Å²) in [6, 6.07) is 13.4. The lowest BCUT2D eigenvalue weighted by molar-refractivity contribution is 0.0945. The van der Waals surface area contributed by atoms with E-state index in [1.807, 2.05) is 31.2 Å². The molecule has 1 aliphatic heterocycles. The van der Waals surface area contributed by atoms with Crippen molar-refractivity contribution in [3.63, 3.8) is 0 Å². The number of benzene rings is 1. The van der Waals surface area contributed by atoms with Crippen LogP contribution in [-0.2, 0) is 0 Å². The fourth-order valence-electron chi connectivity index (χ4n) is 3.21. The minimum Gasteiger partial charge on any atom is -0.356 e. The van der Waals surface area contributed by atoms with Crippen LogP contribution in [0.15, 0.2) is 42.6 Å². The Balaban J connectivity index is 1.51. The van der Waals surface area contributed by atoms with Crippen LogP contribution in [0.3, 0.4) is 0 Å². The van der Waals surface area contributed by atoms with E-state index in [0.717, 1.165) is 37.3 Å². The Bertz CT molecular complexity index is 788. The smallest absolute Gasteiger partial charge is 0.251 e. The molecule has 2 heterocycles. The van der Waals surface area contributed by atoms with Crippen molar-refractivity contribution in [2.24, 2.45) is 5.92 Å². The van der Waals surface area contributed by atoms with Crippen molar-refractivity contribution in [2.45, 2.75) is 19.8 Å². The van der Waals surface area contributed by atoms with E-state index in [9.17, 15) is 10.1 Å². The summed E-state index contributed by atoms with van der Waals surface area (Å²) in [6.45, 7) is 4.39. The minimum absolute atomic E-state index is 0.0115. The van der Waals surface area contributed by atoms with Gasteiger partial charge < -0.3 is 10.2 Å². The molecule has 5 nitrogen and oxygen atoms in total. The molecule has 1 aliphatic rings. The molecule has 0 aliphatic carbocycles. The number of anilines is 1. The van der Waals surface area contributed by atoms with Gasteiger partial charge in [-0.15, -0.1) is 0 Å². The van der Waals surface area contributed by atoms with Crippen LogP contribution in [0.4, 0.5) is 5.82 Å². The Morgan fingerprint density at radius 1 is 1.32 bits per heavy atom. The SMILES string of the molecule is Cc1cccc(C(=O)NCC2CCN(c3ncccc3C#N)CC2)c1. The van der Waals surface area contributed by atoms with Crippen LogP contribution in [0.2, 0.25) is 0 Å². The number of aryl methyl sites for hydroxylation is 1. The molecular weight excluding hydrogens is 312 g/mol. The van der Waals surface area contributed by atoms with Gasteiger partial charge in [-0.3, -0.25) is 4.79 Å². The van der Waals surface area contributed by atoms with Crippen molar-refractivity contribution in [2.75, 3.05) is 24.5 Å². The normalized spacial score (nSPS) is 14.8. The van der Waals surface area contributed by atoms with Crippen molar-refractivity contribution in [1.29, 1.82) is 5.26 Å². The molecule has 5 heteroatoms. The van der Waals surface area contributed by atoms with Gasteiger partial charge in [0.2, 0.25) is 0 Å². The fraction of sp³-hybridized carbons (Fsp3) is 0.350. The molecule has 128 valence electrons. The number of hydrogen-bond acceptors (Lipinski definition) is 4. The number of carbonyl (C=O) groups is 1. The molecule has 1 saturated heterocycles. The van der Waals surface area contributed by atoms with E-state index in [1.165, 1.54) is 0 Å². The topological polar surface area (TPSA) is 69.0 Å². The number of rotatable bonds is 4. The second-order valence-electron chi connectivity index (χ2n) is 6.50. The van der Waals surface area contributed by atoms with Gasteiger partial charge in [0, 0.05) is 31.4 Å². The first kappa shape index (κ1) is 17.0. The van der Waals surface area contributed by atoms with Crippen LogP contribution < -0.4 is 10.2 Å². The van der Waals surface area contributed by atoms with E-state index in [-0.39, 0.29) is 5.91 Å². The highest BCUT2D eigenvalue weighted by Gasteiger charge is 2.22. The Labute approximate surface area is 148 Å². The van der Waals surface area contributed by atoms with Crippen LogP contribution in [0, 0.1) is 24.2 Å².